The van der Waals surface area contributed by atoms with E-state index >= 15 is 0 Å². The van der Waals surface area contributed by atoms with Crippen LogP contribution in [0.15, 0.2) is 24.3 Å². The van der Waals surface area contributed by atoms with Gasteiger partial charge in [0.2, 0.25) is 0 Å². The molecule has 1 aromatic carbocycles. The van der Waals surface area contributed by atoms with Crippen molar-refractivity contribution >= 4 is 18.0 Å². The minimum absolute atomic E-state index is 0.622. The topological polar surface area (TPSA) is 17.1 Å². The Hall–Kier alpha value is -0.760. The van der Waals surface area contributed by atoms with Crippen LogP contribution in [0.1, 0.15) is 21.8 Å². The molecule has 0 N–H and O–H groups in total. The van der Waals surface area contributed by atoms with E-state index in [0.717, 1.165) is 11.8 Å². The Morgan fingerprint density at radius 3 is 2.67 bits per heavy atom. The molecule has 62 valence electrons. The summed E-state index contributed by atoms with van der Waals surface area (Å²) in [6.07, 6.45) is 0.957. The van der Waals surface area contributed by atoms with Crippen molar-refractivity contribution in [2.24, 2.45) is 0 Å². The molecule has 0 aliphatic carbocycles. The van der Waals surface area contributed by atoms with E-state index in [2.05, 4.69) is 6.07 Å². The fourth-order valence-corrected chi connectivity index (χ4v) is 2.24. The van der Waals surface area contributed by atoms with Gasteiger partial charge in [-0.3, -0.25) is 4.79 Å². The quantitative estimate of drug-likeness (QED) is 0.646. The van der Waals surface area contributed by atoms with Crippen molar-refractivity contribution in [3.05, 3.63) is 35.4 Å². The van der Waals surface area contributed by atoms with Crippen LogP contribution in [-0.2, 0) is 0 Å². The summed E-state index contributed by atoms with van der Waals surface area (Å²) in [6, 6.07) is 7.88. The van der Waals surface area contributed by atoms with Crippen LogP contribution < -0.4 is 0 Å². The van der Waals surface area contributed by atoms with Gasteiger partial charge in [0.1, 0.15) is 6.29 Å². The van der Waals surface area contributed by atoms with Gasteiger partial charge < -0.3 is 0 Å². The third kappa shape index (κ3) is 1.27. The first-order valence-electron chi connectivity index (χ1n) is 4.03. The van der Waals surface area contributed by atoms with Crippen LogP contribution in [0.4, 0.5) is 0 Å². The molecule has 2 rings (SSSR count). The zero-order valence-corrected chi connectivity index (χ0v) is 7.51. The molecule has 0 atom stereocenters. The lowest BCUT2D eigenvalue weighted by Crippen LogP contribution is -2.16. The van der Waals surface area contributed by atoms with Gasteiger partial charge in [-0.1, -0.05) is 24.3 Å². The normalized spacial score (nSPS) is 17.0. The van der Waals surface area contributed by atoms with Crippen molar-refractivity contribution in [1.29, 1.82) is 0 Å². The largest absolute Gasteiger partial charge is 0.298 e. The maximum absolute atomic E-state index is 10.7. The number of thioether (sulfide) groups is 1. The van der Waals surface area contributed by atoms with E-state index in [0.29, 0.717) is 5.92 Å². The molecule has 1 aromatic rings. The molecule has 1 aliphatic rings. The van der Waals surface area contributed by atoms with E-state index in [9.17, 15) is 4.79 Å². The Labute approximate surface area is 76.2 Å². The maximum atomic E-state index is 10.7. The van der Waals surface area contributed by atoms with E-state index < -0.39 is 0 Å². The van der Waals surface area contributed by atoms with Gasteiger partial charge in [0, 0.05) is 23.0 Å². The second-order valence-electron chi connectivity index (χ2n) is 2.98. The van der Waals surface area contributed by atoms with Gasteiger partial charge in [-0.25, -0.2) is 0 Å². The van der Waals surface area contributed by atoms with Crippen molar-refractivity contribution in [1.82, 2.24) is 0 Å². The van der Waals surface area contributed by atoms with Crippen LogP contribution in [0.5, 0.6) is 0 Å². The standard InChI is InChI=1S/C10H10OS/c11-5-8-3-1-2-4-10(8)9-6-12-7-9/h1-5,9H,6-7H2. The van der Waals surface area contributed by atoms with Crippen molar-refractivity contribution in [3.63, 3.8) is 0 Å². The highest BCUT2D eigenvalue weighted by Crippen LogP contribution is 2.34. The fourth-order valence-electron chi connectivity index (χ4n) is 1.41. The second kappa shape index (κ2) is 3.31. The minimum atomic E-state index is 0.622. The van der Waals surface area contributed by atoms with Gasteiger partial charge in [-0.05, 0) is 5.56 Å². The summed E-state index contributed by atoms with van der Waals surface area (Å²) >= 11 is 1.94. The Morgan fingerprint density at radius 1 is 1.33 bits per heavy atom. The summed E-state index contributed by atoms with van der Waals surface area (Å²) in [4.78, 5) is 10.7. The number of rotatable bonds is 2. The molecule has 0 radical (unpaired) electrons. The molecule has 0 unspecified atom stereocenters. The van der Waals surface area contributed by atoms with Crippen LogP contribution in [0, 0.1) is 0 Å². The van der Waals surface area contributed by atoms with E-state index in [1.165, 1.54) is 17.1 Å². The summed E-state index contributed by atoms with van der Waals surface area (Å²) in [6.45, 7) is 0. The number of hydrogen-bond donors (Lipinski definition) is 0. The summed E-state index contributed by atoms with van der Waals surface area (Å²) in [7, 11) is 0. The number of carbonyl (C=O) groups is 1. The summed E-state index contributed by atoms with van der Waals surface area (Å²) < 4.78 is 0. The number of aldehydes is 1. The fraction of sp³-hybridized carbons (Fsp3) is 0.300. The molecule has 0 amide bonds. The second-order valence-corrected chi connectivity index (χ2v) is 4.06. The molecule has 2 heteroatoms. The first-order chi connectivity index (χ1) is 5.92. The van der Waals surface area contributed by atoms with Gasteiger partial charge in [-0.2, -0.15) is 11.8 Å². The number of benzene rings is 1. The zero-order chi connectivity index (χ0) is 8.39. The Morgan fingerprint density at radius 2 is 2.08 bits per heavy atom. The average Bonchev–Trinajstić information content (AvgIpc) is 2.02. The molecule has 1 aliphatic heterocycles. The Kier molecular flexibility index (Phi) is 2.17. The summed E-state index contributed by atoms with van der Waals surface area (Å²) in [5.74, 6) is 2.96. The van der Waals surface area contributed by atoms with Crippen molar-refractivity contribution in [2.45, 2.75) is 5.92 Å². The van der Waals surface area contributed by atoms with Crippen LogP contribution in [0.3, 0.4) is 0 Å². The molecule has 1 heterocycles. The SMILES string of the molecule is O=Cc1ccccc1C1CSC1. The predicted molar refractivity (Wildman–Crippen MR) is 51.9 cm³/mol. The van der Waals surface area contributed by atoms with Crippen LogP contribution in [0.2, 0.25) is 0 Å². The highest BCUT2D eigenvalue weighted by molar-refractivity contribution is 8.00. The van der Waals surface area contributed by atoms with E-state index in [4.69, 9.17) is 0 Å². The molecule has 0 bridgehead atoms. The highest BCUT2D eigenvalue weighted by atomic mass is 32.2. The zero-order valence-electron chi connectivity index (χ0n) is 6.69. The molecule has 1 fully saturated rings. The van der Waals surface area contributed by atoms with Crippen LogP contribution in [-0.4, -0.2) is 17.8 Å². The van der Waals surface area contributed by atoms with Gasteiger partial charge in [0.15, 0.2) is 0 Å². The first kappa shape index (κ1) is 7.87. The molecule has 0 aromatic heterocycles. The third-order valence-electron chi connectivity index (χ3n) is 2.20. The summed E-state index contributed by atoms with van der Waals surface area (Å²) in [5, 5.41) is 0. The van der Waals surface area contributed by atoms with Gasteiger partial charge in [0.05, 0.1) is 0 Å². The lowest BCUT2D eigenvalue weighted by molar-refractivity contribution is 0.112. The van der Waals surface area contributed by atoms with E-state index in [1.54, 1.807) is 0 Å². The van der Waals surface area contributed by atoms with Crippen LogP contribution in [0.25, 0.3) is 0 Å². The van der Waals surface area contributed by atoms with Gasteiger partial charge >= 0.3 is 0 Å². The number of carbonyl (C=O) groups excluding carboxylic acids is 1. The molecule has 0 saturated carbocycles. The predicted octanol–water partition coefficient (Wildman–Crippen LogP) is 2.33. The molecule has 1 saturated heterocycles. The molecule has 0 spiro atoms. The molecular weight excluding hydrogens is 168 g/mol. The average molecular weight is 178 g/mol. The smallest absolute Gasteiger partial charge is 0.150 e. The molecular formula is C10H10OS. The van der Waals surface area contributed by atoms with E-state index in [1.807, 2.05) is 30.0 Å². The Bertz CT molecular complexity index is 292. The van der Waals surface area contributed by atoms with Crippen molar-refractivity contribution in [3.8, 4) is 0 Å². The van der Waals surface area contributed by atoms with Crippen molar-refractivity contribution in [2.75, 3.05) is 11.5 Å². The lowest BCUT2D eigenvalue weighted by Gasteiger charge is -2.26. The molecule has 1 nitrogen and oxygen atoms in total. The Balaban J connectivity index is 2.33. The first-order valence-corrected chi connectivity index (χ1v) is 5.19. The molecule has 12 heavy (non-hydrogen) atoms. The maximum Gasteiger partial charge on any atom is 0.150 e. The van der Waals surface area contributed by atoms with Gasteiger partial charge in [-0.15, -0.1) is 0 Å². The highest BCUT2D eigenvalue weighted by Gasteiger charge is 2.21. The number of hydrogen-bond acceptors (Lipinski definition) is 2. The monoisotopic (exact) mass is 178 g/mol. The van der Waals surface area contributed by atoms with Crippen molar-refractivity contribution < 1.29 is 4.79 Å². The lowest BCUT2D eigenvalue weighted by atomic mass is 9.97. The third-order valence-corrected chi connectivity index (χ3v) is 3.48. The van der Waals surface area contributed by atoms with Gasteiger partial charge in [0.25, 0.3) is 0 Å². The van der Waals surface area contributed by atoms with Crippen LogP contribution >= 0.6 is 11.8 Å². The summed E-state index contributed by atoms with van der Waals surface area (Å²) in [5.41, 5.74) is 2.09. The minimum Gasteiger partial charge on any atom is -0.298 e. The van der Waals surface area contributed by atoms with E-state index in [-0.39, 0.29) is 0 Å².